The van der Waals surface area contributed by atoms with E-state index in [1.54, 1.807) is 0 Å². The first kappa shape index (κ1) is 20.9. The first-order valence-electron chi connectivity index (χ1n) is 10.7. The average Bonchev–Trinajstić information content (AvgIpc) is 2.77. The number of nitrogens with zero attached hydrogens (tertiary/aromatic N) is 2. The van der Waals surface area contributed by atoms with Crippen LogP contribution in [0.15, 0.2) is 35.3 Å². The molecule has 3 rings (SSSR count). The number of guanidine groups is 1. The fraction of sp³-hybridized carbons (Fsp3) is 0.682. The van der Waals surface area contributed by atoms with E-state index in [9.17, 15) is 0 Å². The normalized spacial score (nSPS) is 21.5. The van der Waals surface area contributed by atoms with Crippen LogP contribution in [-0.2, 0) is 9.47 Å². The third kappa shape index (κ3) is 6.99. The number of para-hydroxylation sites is 1. The number of hydrogen-bond donors (Lipinski definition) is 1. The van der Waals surface area contributed by atoms with E-state index in [1.807, 2.05) is 37.4 Å². The van der Waals surface area contributed by atoms with Gasteiger partial charge in [0.15, 0.2) is 5.96 Å². The third-order valence-corrected chi connectivity index (χ3v) is 5.36. The predicted octanol–water partition coefficient (Wildman–Crippen LogP) is 3.08. The highest BCUT2D eigenvalue weighted by Crippen LogP contribution is 2.18. The van der Waals surface area contributed by atoms with Crippen molar-refractivity contribution >= 4 is 5.96 Å². The Bertz CT molecular complexity index is 568. The second-order valence-electron chi connectivity index (χ2n) is 7.50. The van der Waals surface area contributed by atoms with Gasteiger partial charge in [-0.15, -0.1) is 0 Å². The van der Waals surface area contributed by atoms with E-state index in [0.717, 1.165) is 70.2 Å². The second kappa shape index (κ2) is 11.9. The van der Waals surface area contributed by atoms with Crippen molar-refractivity contribution in [1.29, 1.82) is 0 Å². The van der Waals surface area contributed by atoms with Crippen LogP contribution in [0.2, 0.25) is 0 Å². The highest BCUT2D eigenvalue weighted by Gasteiger charge is 2.23. The largest absolute Gasteiger partial charge is 0.494 e. The van der Waals surface area contributed by atoms with Crippen molar-refractivity contribution in [3.8, 4) is 5.75 Å². The maximum atomic E-state index is 6.11. The van der Waals surface area contributed by atoms with Crippen LogP contribution in [0.25, 0.3) is 0 Å². The number of nitrogens with one attached hydrogen (secondary N) is 1. The van der Waals surface area contributed by atoms with Crippen molar-refractivity contribution in [2.45, 2.75) is 50.7 Å². The summed E-state index contributed by atoms with van der Waals surface area (Å²) in [6.45, 7) is 5.17. The van der Waals surface area contributed by atoms with E-state index >= 15 is 0 Å². The molecule has 28 heavy (non-hydrogen) atoms. The lowest BCUT2D eigenvalue weighted by Gasteiger charge is -2.35. The molecule has 0 aromatic heterocycles. The van der Waals surface area contributed by atoms with E-state index in [2.05, 4.69) is 15.2 Å². The Morgan fingerprint density at radius 1 is 1.18 bits per heavy atom. The molecule has 0 aliphatic carbocycles. The minimum absolute atomic E-state index is 0.305. The van der Waals surface area contributed by atoms with Crippen molar-refractivity contribution in [3.63, 3.8) is 0 Å². The molecule has 1 unspecified atom stereocenters. The smallest absolute Gasteiger partial charge is 0.193 e. The van der Waals surface area contributed by atoms with E-state index in [0.29, 0.717) is 18.8 Å². The fourth-order valence-electron chi connectivity index (χ4n) is 3.73. The zero-order valence-corrected chi connectivity index (χ0v) is 17.1. The van der Waals surface area contributed by atoms with Gasteiger partial charge in [0, 0.05) is 33.3 Å². The highest BCUT2D eigenvalue weighted by molar-refractivity contribution is 5.79. The van der Waals surface area contributed by atoms with Crippen LogP contribution in [0.3, 0.4) is 0 Å². The monoisotopic (exact) mass is 389 g/mol. The van der Waals surface area contributed by atoms with Crippen LogP contribution in [-0.4, -0.2) is 69.6 Å². The number of likely N-dealkylation sites (tertiary alicyclic amines) is 1. The Morgan fingerprint density at radius 3 is 2.71 bits per heavy atom. The van der Waals surface area contributed by atoms with Crippen LogP contribution in [0.5, 0.6) is 5.75 Å². The van der Waals surface area contributed by atoms with E-state index in [-0.39, 0.29) is 0 Å². The van der Waals surface area contributed by atoms with Crippen LogP contribution in [0.4, 0.5) is 0 Å². The number of hydrogen-bond acceptors (Lipinski definition) is 4. The second-order valence-corrected chi connectivity index (χ2v) is 7.50. The van der Waals surface area contributed by atoms with E-state index in [1.165, 1.54) is 12.8 Å². The molecule has 156 valence electrons. The van der Waals surface area contributed by atoms with Crippen molar-refractivity contribution in [1.82, 2.24) is 10.2 Å². The van der Waals surface area contributed by atoms with Crippen molar-refractivity contribution in [2.24, 2.45) is 4.99 Å². The van der Waals surface area contributed by atoms with Gasteiger partial charge in [0.25, 0.3) is 0 Å². The lowest BCUT2D eigenvalue weighted by Crippen LogP contribution is -2.47. The summed E-state index contributed by atoms with van der Waals surface area (Å²) in [5, 5.41) is 3.46. The molecule has 2 saturated heterocycles. The molecular formula is C22H35N3O3. The minimum Gasteiger partial charge on any atom is -0.494 e. The molecule has 0 amide bonds. The molecule has 0 radical (unpaired) electrons. The van der Waals surface area contributed by atoms with Gasteiger partial charge in [-0.05, 0) is 50.7 Å². The lowest BCUT2D eigenvalue weighted by atomic mass is 10.1. The lowest BCUT2D eigenvalue weighted by molar-refractivity contribution is -0.0721. The van der Waals surface area contributed by atoms with E-state index < -0.39 is 0 Å². The molecule has 6 nitrogen and oxygen atoms in total. The Hall–Kier alpha value is -1.79. The van der Waals surface area contributed by atoms with Crippen LogP contribution >= 0.6 is 0 Å². The molecule has 2 heterocycles. The standard InChI is InChI=1S/C22H35N3O3/c1-23-22(24-13-7-17-26-19-8-3-2-4-9-19)25-14-11-20(12-15-25)28-18-21-10-5-6-16-27-21/h2-4,8-9,20-21H,5-7,10-18H2,1H3,(H,23,24). The summed E-state index contributed by atoms with van der Waals surface area (Å²) < 4.78 is 17.6. The number of piperidine rings is 1. The van der Waals surface area contributed by atoms with Crippen LogP contribution in [0.1, 0.15) is 38.5 Å². The van der Waals surface area contributed by atoms with Crippen molar-refractivity contribution in [3.05, 3.63) is 30.3 Å². The zero-order valence-electron chi connectivity index (χ0n) is 17.1. The van der Waals surface area contributed by atoms with Gasteiger partial charge in [0.1, 0.15) is 5.75 Å². The molecule has 2 aliphatic rings. The third-order valence-electron chi connectivity index (χ3n) is 5.36. The predicted molar refractivity (Wildman–Crippen MR) is 112 cm³/mol. The fourth-order valence-corrected chi connectivity index (χ4v) is 3.73. The Labute approximate surface area is 169 Å². The van der Waals surface area contributed by atoms with Gasteiger partial charge in [-0.1, -0.05) is 18.2 Å². The Balaban J connectivity index is 1.27. The number of rotatable bonds is 8. The number of ether oxygens (including phenoxy) is 3. The summed E-state index contributed by atoms with van der Waals surface area (Å²) in [6.07, 6.45) is 7.29. The van der Waals surface area contributed by atoms with Gasteiger partial charge in [0.2, 0.25) is 0 Å². The quantitative estimate of drug-likeness (QED) is 0.421. The topological polar surface area (TPSA) is 55.3 Å². The van der Waals surface area contributed by atoms with Crippen LogP contribution < -0.4 is 10.1 Å². The van der Waals surface area contributed by atoms with Gasteiger partial charge in [0.05, 0.1) is 25.4 Å². The summed E-state index contributed by atoms with van der Waals surface area (Å²) in [5.74, 6) is 1.90. The molecule has 1 N–H and O–H groups in total. The molecule has 1 atom stereocenters. The molecule has 2 aliphatic heterocycles. The first-order valence-corrected chi connectivity index (χ1v) is 10.7. The van der Waals surface area contributed by atoms with Crippen LogP contribution in [0, 0.1) is 0 Å². The molecular weight excluding hydrogens is 354 g/mol. The summed E-state index contributed by atoms with van der Waals surface area (Å²) in [4.78, 5) is 6.77. The molecule has 6 heteroatoms. The summed E-state index contributed by atoms with van der Waals surface area (Å²) in [5.41, 5.74) is 0. The van der Waals surface area contributed by atoms with E-state index in [4.69, 9.17) is 14.2 Å². The van der Waals surface area contributed by atoms with Crippen molar-refractivity contribution in [2.75, 3.05) is 46.5 Å². The first-order chi connectivity index (χ1) is 13.8. The summed E-state index contributed by atoms with van der Waals surface area (Å²) in [6, 6.07) is 9.95. The SMILES string of the molecule is CN=C(NCCCOc1ccccc1)N1CCC(OCC2CCCCO2)CC1. The zero-order chi connectivity index (χ0) is 19.4. The maximum Gasteiger partial charge on any atom is 0.193 e. The molecule has 1 aromatic carbocycles. The number of aliphatic imine (C=N–C) groups is 1. The van der Waals surface area contributed by atoms with Gasteiger partial charge in [-0.3, -0.25) is 4.99 Å². The molecule has 0 saturated carbocycles. The summed E-state index contributed by atoms with van der Waals surface area (Å²) in [7, 11) is 1.85. The van der Waals surface area contributed by atoms with Gasteiger partial charge >= 0.3 is 0 Å². The highest BCUT2D eigenvalue weighted by atomic mass is 16.5. The summed E-state index contributed by atoms with van der Waals surface area (Å²) >= 11 is 0. The molecule has 0 bridgehead atoms. The van der Waals surface area contributed by atoms with Crippen molar-refractivity contribution < 1.29 is 14.2 Å². The van der Waals surface area contributed by atoms with Gasteiger partial charge < -0.3 is 24.4 Å². The minimum atomic E-state index is 0.305. The number of benzene rings is 1. The van der Waals surface area contributed by atoms with Gasteiger partial charge in [-0.2, -0.15) is 0 Å². The maximum absolute atomic E-state index is 6.11. The Kier molecular flexibility index (Phi) is 8.91. The average molecular weight is 390 g/mol. The molecule has 1 aromatic rings. The molecule has 2 fully saturated rings. The Morgan fingerprint density at radius 2 is 2.00 bits per heavy atom. The van der Waals surface area contributed by atoms with Gasteiger partial charge in [-0.25, -0.2) is 0 Å². The molecule has 0 spiro atoms.